The molecule has 4 nitrogen and oxygen atoms in total. The molecule has 3 rings (SSSR count). The number of rotatable bonds is 4. The van der Waals surface area contributed by atoms with Crippen molar-refractivity contribution in [2.75, 3.05) is 7.05 Å². The van der Waals surface area contributed by atoms with Crippen LogP contribution in [0.2, 0.25) is 0 Å². The topological polar surface area (TPSA) is 52.6 Å². The summed E-state index contributed by atoms with van der Waals surface area (Å²) in [5.74, 6) is 0.206. The summed E-state index contributed by atoms with van der Waals surface area (Å²) in [7, 11) is 1.74. The molecule has 0 unspecified atom stereocenters. The lowest BCUT2D eigenvalue weighted by atomic mass is 10.0. The minimum Gasteiger partial charge on any atom is -0.508 e. The van der Waals surface area contributed by atoms with Crippen LogP contribution in [0.4, 0.5) is 4.79 Å². The highest BCUT2D eigenvalue weighted by molar-refractivity contribution is 5.86. The fourth-order valence-corrected chi connectivity index (χ4v) is 2.75. The van der Waals surface area contributed by atoms with Crippen molar-refractivity contribution in [3.05, 3.63) is 77.9 Å². The molecule has 0 heterocycles. The molecule has 2 N–H and O–H groups in total. The number of hydrogen-bond donors (Lipinski definition) is 2. The molecule has 3 aromatic carbocycles. The third kappa shape index (κ3) is 3.66. The fraction of sp³-hybridized carbons (Fsp3) is 0.150. The number of nitrogens with one attached hydrogen (secondary N) is 1. The Morgan fingerprint density at radius 3 is 2.62 bits per heavy atom. The Kier molecular flexibility index (Phi) is 4.66. The van der Waals surface area contributed by atoms with E-state index in [0.717, 1.165) is 21.9 Å². The second-order valence-corrected chi connectivity index (χ2v) is 5.82. The number of fused-ring (bicyclic) bond motifs is 1. The lowest BCUT2D eigenvalue weighted by Crippen LogP contribution is -2.36. The Morgan fingerprint density at radius 1 is 1.04 bits per heavy atom. The van der Waals surface area contributed by atoms with Crippen molar-refractivity contribution in [2.45, 2.75) is 13.1 Å². The zero-order valence-corrected chi connectivity index (χ0v) is 13.6. The molecule has 4 heteroatoms. The van der Waals surface area contributed by atoms with Gasteiger partial charge in [0.15, 0.2) is 0 Å². The first-order chi connectivity index (χ1) is 11.6. The van der Waals surface area contributed by atoms with Crippen molar-refractivity contribution >= 4 is 16.8 Å². The summed E-state index contributed by atoms with van der Waals surface area (Å²) >= 11 is 0. The molecular weight excluding hydrogens is 300 g/mol. The van der Waals surface area contributed by atoms with Crippen LogP contribution in [-0.2, 0) is 13.1 Å². The van der Waals surface area contributed by atoms with E-state index in [1.165, 1.54) is 0 Å². The van der Waals surface area contributed by atoms with Gasteiger partial charge in [0.1, 0.15) is 5.75 Å². The van der Waals surface area contributed by atoms with Gasteiger partial charge in [-0.1, -0.05) is 54.6 Å². The Labute approximate surface area is 141 Å². The summed E-state index contributed by atoms with van der Waals surface area (Å²) in [5.41, 5.74) is 1.98. The number of benzene rings is 3. The SMILES string of the molecule is CN(Cc1cccc(O)c1)C(=O)NCc1cccc2ccccc12. The number of carbonyl (C=O) groups excluding carboxylic acids is 1. The number of hydrogen-bond acceptors (Lipinski definition) is 2. The quantitative estimate of drug-likeness (QED) is 0.766. The minimum absolute atomic E-state index is 0.147. The van der Waals surface area contributed by atoms with Gasteiger partial charge in [0.05, 0.1) is 0 Å². The molecule has 0 radical (unpaired) electrons. The van der Waals surface area contributed by atoms with Crippen LogP contribution < -0.4 is 5.32 Å². The van der Waals surface area contributed by atoms with Crippen LogP contribution in [0.15, 0.2) is 66.7 Å². The lowest BCUT2D eigenvalue weighted by Gasteiger charge is -2.18. The van der Waals surface area contributed by atoms with Gasteiger partial charge < -0.3 is 15.3 Å². The van der Waals surface area contributed by atoms with Crippen LogP contribution in [0.3, 0.4) is 0 Å². The molecule has 0 atom stereocenters. The molecule has 0 spiro atoms. The van der Waals surface area contributed by atoms with E-state index in [1.54, 1.807) is 30.1 Å². The monoisotopic (exact) mass is 320 g/mol. The Morgan fingerprint density at radius 2 is 1.79 bits per heavy atom. The van der Waals surface area contributed by atoms with Gasteiger partial charge in [-0.15, -0.1) is 0 Å². The van der Waals surface area contributed by atoms with Crippen molar-refractivity contribution in [3.8, 4) is 5.75 Å². The predicted octanol–water partition coefficient (Wildman–Crippen LogP) is 3.89. The van der Waals surface area contributed by atoms with Gasteiger partial charge in [-0.05, 0) is 34.0 Å². The van der Waals surface area contributed by atoms with E-state index >= 15 is 0 Å². The standard InChI is InChI=1S/C20H20N2O2/c1-22(14-15-6-4-10-18(23)12-15)20(24)21-13-17-9-5-8-16-7-2-3-11-19(16)17/h2-12,23H,13-14H2,1H3,(H,21,24). The third-order valence-electron chi connectivity index (χ3n) is 3.99. The highest BCUT2D eigenvalue weighted by Crippen LogP contribution is 2.18. The van der Waals surface area contributed by atoms with E-state index < -0.39 is 0 Å². The normalized spacial score (nSPS) is 10.5. The number of phenols is 1. The second kappa shape index (κ2) is 7.04. The van der Waals surface area contributed by atoms with Crippen molar-refractivity contribution in [2.24, 2.45) is 0 Å². The largest absolute Gasteiger partial charge is 0.508 e. The highest BCUT2D eigenvalue weighted by atomic mass is 16.3. The Bertz CT molecular complexity index is 856. The van der Waals surface area contributed by atoms with E-state index in [4.69, 9.17) is 0 Å². The first kappa shape index (κ1) is 15.9. The number of nitrogens with zero attached hydrogens (tertiary/aromatic N) is 1. The Balaban J connectivity index is 1.64. The summed E-state index contributed by atoms with van der Waals surface area (Å²) < 4.78 is 0. The molecule has 0 aliphatic heterocycles. The number of amides is 2. The lowest BCUT2D eigenvalue weighted by molar-refractivity contribution is 0.206. The van der Waals surface area contributed by atoms with E-state index in [2.05, 4.69) is 23.5 Å². The van der Waals surface area contributed by atoms with Crippen LogP contribution in [0, 0.1) is 0 Å². The van der Waals surface area contributed by atoms with Gasteiger partial charge in [-0.25, -0.2) is 4.79 Å². The summed E-state index contributed by atoms with van der Waals surface area (Å²) in [4.78, 5) is 13.9. The molecule has 122 valence electrons. The molecule has 0 bridgehead atoms. The van der Waals surface area contributed by atoms with Crippen molar-refractivity contribution in [1.29, 1.82) is 0 Å². The van der Waals surface area contributed by atoms with Gasteiger partial charge in [0, 0.05) is 20.1 Å². The molecule has 0 aromatic heterocycles. The number of phenolic OH excluding ortho intramolecular Hbond substituents is 1. The van der Waals surface area contributed by atoms with Gasteiger partial charge in [-0.3, -0.25) is 0 Å². The van der Waals surface area contributed by atoms with Crippen molar-refractivity contribution in [1.82, 2.24) is 10.2 Å². The van der Waals surface area contributed by atoms with Crippen molar-refractivity contribution < 1.29 is 9.90 Å². The van der Waals surface area contributed by atoms with Crippen LogP contribution in [0.5, 0.6) is 5.75 Å². The summed E-state index contributed by atoms with van der Waals surface area (Å²) in [6, 6.07) is 21.0. The zero-order chi connectivity index (χ0) is 16.9. The van der Waals surface area contributed by atoms with Gasteiger partial charge >= 0.3 is 6.03 Å². The van der Waals surface area contributed by atoms with E-state index in [9.17, 15) is 9.90 Å². The number of urea groups is 1. The van der Waals surface area contributed by atoms with Crippen LogP contribution in [0.1, 0.15) is 11.1 Å². The third-order valence-corrected chi connectivity index (χ3v) is 3.99. The molecule has 0 saturated carbocycles. The first-order valence-electron chi connectivity index (χ1n) is 7.87. The molecular formula is C20H20N2O2. The fourth-order valence-electron chi connectivity index (χ4n) is 2.75. The summed E-state index contributed by atoms with van der Waals surface area (Å²) in [5, 5.41) is 14.8. The molecule has 0 fully saturated rings. The summed E-state index contributed by atoms with van der Waals surface area (Å²) in [6.45, 7) is 0.917. The Hall–Kier alpha value is -3.01. The maximum atomic E-state index is 12.3. The molecule has 0 aliphatic rings. The van der Waals surface area contributed by atoms with Gasteiger partial charge in [0.25, 0.3) is 0 Å². The molecule has 0 saturated heterocycles. The van der Waals surface area contributed by atoms with Crippen LogP contribution in [0.25, 0.3) is 10.8 Å². The zero-order valence-electron chi connectivity index (χ0n) is 13.6. The molecule has 3 aromatic rings. The average Bonchev–Trinajstić information content (AvgIpc) is 2.59. The van der Waals surface area contributed by atoms with E-state index in [-0.39, 0.29) is 11.8 Å². The van der Waals surface area contributed by atoms with Crippen LogP contribution >= 0.6 is 0 Å². The number of aromatic hydroxyl groups is 1. The van der Waals surface area contributed by atoms with E-state index in [0.29, 0.717) is 13.1 Å². The van der Waals surface area contributed by atoms with Crippen LogP contribution in [-0.4, -0.2) is 23.1 Å². The second-order valence-electron chi connectivity index (χ2n) is 5.82. The first-order valence-corrected chi connectivity index (χ1v) is 7.87. The molecule has 2 amide bonds. The maximum Gasteiger partial charge on any atom is 0.317 e. The van der Waals surface area contributed by atoms with E-state index in [1.807, 2.05) is 30.3 Å². The highest BCUT2D eigenvalue weighted by Gasteiger charge is 2.10. The predicted molar refractivity (Wildman–Crippen MR) is 95.8 cm³/mol. The molecule has 0 aliphatic carbocycles. The maximum absolute atomic E-state index is 12.3. The van der Waals surface area contributed by atoms with Gasteiger partial charge in [0.2, 0.25) is 0 Å². The van der Waals surface area contributed by atoms with Gasteiger partial charge in [-0.2, -0.15) is 0 Å². The smallest absolute Gasteiger partial charge is 0.317 e. The summed E-state index contributed by atoms with van der Waals surface area (Å²) in [6.07, 6.45) is 0. The average molecular weight is 320 g/mol. The molecule has 24 heavy (non-hydrogen) atoms. The van der Waals surface area contributed by atoms with Crippen molar-refractivity contribution in [3.63, 3.8) is 0 Å². The minimum atomic E-state index is -0.147. The number of carbonyl (C=O) groups is 1.